The van der Waals surface area contributed by atoms with Gasteiger partial charge in [0.05, 0.1) is 29.3 Å². The van der Waals surface area contributed by atoms with Crippen LogP contribution < -0.4 is 0 Å². The lowest BCUT2D eigenvalue weighted by atomic mass is 10.0. The molecule has 0 N–H and O–H groups in total. The molecule has 1 aliphatic heterocycles. The fraction of sp³-hybridized carbons (Fsp3) is 0.500. The van der Waals surface area contributed by atoms with Gasteiger partial charge in [-0.15, -0.1) is 0 Å². The topological polar surface area (TPSA) is 55.6 Å². The van der Waals surface area contributed by atoms with E-state index in [0.29, 0.717) is 26.3 Å². The molecular formula is C12H13F3N2O3. The summed E-state index contributed by atoms with van der Waals surface area (Å²) in [5.41, 5.74) is -1.73. The SMILES string of the molecule is O=[N+]([O-])c1cccc(C(F)(F)F)c1CN1CCOCC1. The second kappa shape index (κ2) is 5.76. The quantitative estimate of drug-likeness (QED) is 0.634. The monoisotopic (exact) mass is 290 g/mol. The van der Waals surface area contributed by atoms with Gasteiger partial charge >= 0.3 is 6.18 Å². The summed E-state index contributed by atoms with van der Waals surface area (Å²) in [6.45, 7) is 1.66. The second-order valence-corrected chi connectivity index (χ2v) is 4.45. The number of nitro benzene ring substituents is 1. The van der Waals surface area contributed by atoms with Gasteiger partial charge in [-0.1, -0.05) is 6.07 Å². The number of hydrogen-bond acceptors (Lipinski definition) is 4. The summed E-state index contributed by atoms with van der Waals surface area (Å²) >= 11 is 0. The van der Waals surface area contributed by atoms with E-state index in [1.165, 1.54) is 0 Å². The highest BCUT2D eigenvalue weighted by Crippen LogP contribution is 2.36. The number of ether oxygens (including phenoxy) is 1. The number of nitro groups is 1. The van der Waals surface area contributed by atoms with E-state index in [1.807, 2.05) is 0 Å². The average Bonchev–Trinajstić information content (AvgIpc) is 2.38. The van der Waals surface area contributed by atoms with Crippen molar-refractivity contribution in [3.63, 3.8) is 0 Å². The maximum atomic E-state index is 13.0. The zero-order valence-corrected chi connectivity index (χ0v) is 10.5. The summed E-state index contributed by atoms with van der Waals surface area (Å²) in [7, 11) is 0. The highest BCUT2D eigenvalue weighted by atomic mass is 19.4. The fourth-order valence-electron chi connectivity index (χ4n) is 2.16. The zero-order chi connectivity index (χ0) is 14.8. The third kappa shape index (κ3) is 3.26. The number of rotatable bonds is 3. The van der Waals surface area contributed by atoms with Crippen molar-refractivity contribution in [3.8, 4) is 0 Å². The molecule has 0 radical (unpaired) electrons. The lowest BCUT2D eigenvalue weighted by Gasteiger charge is -2.27. The molecule has 1 saturated heterocycles. The van der Waals surface area contributed by atoms with Crippen LogP contribution in [-0.2, 0) is 17.5 Å². The van der Waals surface area contributed by atoms with Crippen LogP contribution in [0.4, 0.5) is 18.9 Å². The van der Waals surface area contributed by atoms with Crippen LogP contribution in [0, 0.1) is 10.1 Å². The zero-order valence-electron chi connectivity index (χ0n) is 10.5. The van der Waals surface area contributed by atoms with Crippen molar-refractivity contribution in [1.82, 2.24) is 4.90 Å². The summed E-state index contributed by atoms with van der Waals surface area (Å²) in [6, 6.07) is 3.04. The van der Waals surface area contributed by atoms with Crippen LogP contribution in [0.15, 0.2) is 18.2 Å². The van der Waals surface area contributed by atoms with E-state index in [1.54, 1.807) is 4.90 Å². The number of benzene rings is 1. The van der Waals surface area contributed by atoms with E-state index in [2.05, 4.69) is 0 Å². The van der Waals surface area contributed by atoms with E-state index < -0.39 is 22.4 Å². The maximum absolute atomic E-state index is 13.0. The van der Waals surface area contributed by atoms with Crippen LogP contribution in [0.25, 0.3) is 0 Å². The minimum absolute atomic E-state index is 0.102. The third-order valence-electron chi connectivity index (χ3n) is 3.14. The number of halogens is 3. The van der Waals surface area contributed by atoms with Crippen LogP contribution in [0.2, 0.25) is 0 Å². The van der Waals surface area contributed by atoms with Gasteiger partial charge in [0.25, 0.3) is 5.69 Å². The van der Waals surface area contributed by atoms with E-state index >= 15 is 0 Å². The Hall–Kier alpha value is -1.67. The first kappa shape index (κ1) is 14.7. The summed E-state index contributed by atoms with van der Waals surface area (Å²) in [5.74, 6) is 0. The van der Waals surface area contributed by atoms with Gasteiger partial charge in [-0.2, -0.15) is 13.2 Å². The second-order valence-electron chi connectivity index (χ2n) is 4.45. The molecule has 8 heteroatoms. The summed E-state index contributed by atoms with van der Waals surface area (Å²) in [5, 5.41) is 10.9. The van der Waals surface area contributed by atoms with E-state index in [4.69, 9.17) is 4.74 Å². The third-order valence-corrected chi connectivity index (χ3v) is 3.14. The molecule has 0 unspecified atom stereocenters. The lowest BCUT2D eigenvalue weighted by molar-refractivity contribution is -0.386. The number of morpholine rings is 1. The normalized spacial score (nSPS) is 17.1. The molecule has 1 aromatic rings. The minimum atomic E-state index is -4.60. The van der Waals surface area contributed by atoms with Gasteiger partial charge in [-0.25, -0.2) is 0 Å². The first-order chi connectivity index (χ1) is 9.39. The number of hydrogen-bond donors (Lipinski definition) is 0. The van der Waals surface area contributed by atoms with Crippen molar-refractivity contribution < 1.29 is 22.8 Å². The van der Waals surface area contributed by atoms with Crippen molar-refractivity contribution >= 4 is 5.69 Å². The molecule has 2 rings (SSSR count). The minimum Gasteiger partial charge on any atom is -0.379 e. The predicted octanol–water partition coefficient (Wildman–Crippen LogP) is 2.45. The standard InChI is InChI=1S/C12H13F3N2O3/c13-12(14,15)10-2-1-3-11(17(18)19)9(10)8-16-4-6-20-7-5-16/h1-3H,4-8H2. The smallest absolute Gasteiger partial charge is 0.379 e. The van der Waals surface area contributed by atoms with Gasteiger partial charge in [0.15, 0.2) is 0 Å². The Kier molecular flexibility index (Phi) is 4.24. The van der Waals surface area contributed by atoms with Crippen molar-refractivity contribution in [1.29, 1.82) is 0 Å². The summed E-state index contributed by atoms with van der Waals surface area (Å²) in [4.78, 5) is 11.9. The molecule has 0 aromatic heterocycles. The summed E-state index contributed by atoms with van der Waals surface area (Å²) in [6.07, 6.45) is -4.60. The van der Waals surface area contributed by atoms with Crippen LogP contribution >= 0.6 is 0 Å². The molecule has 0 saturated carbocycles. The molecule has 1 aliphatic rings. The Morgan fingerprint density at radius 3 is 2.50 bits per heavy atom. The molecule has 0 amide bonds. The van der Waals surface area contributed by atoms with Gasteiger partial charge in [-0.3, -0.25) is 15.0 Å². The van der Waals surface area contributed by atoms with Crippen LogP contribution in [0.3, 0.4) is 0 Å². The van der Waals surface area contributed by atoms with Crippen molar-refractivity contribution in [2.45, 2.75) is 12.7 Å². The average molecular weight is 290 g/mol. The summed E-state index contributed by atoms with van der Waals surface area (Å²) < 4.78 is 44.1. The van der Waals surface area contributed by atoms with Crippen molar-refractivity contribution in [2.75, 3.05) is 26.3 Å². The Morgan fingerprint density at radius 2 is 1.95 bits per heavy atom. The molecule has 1 aromatic carbocycles. The largest absolute Gasteiger partial charge is 0.416 e. The molecule has 20 heavy (non-hydrogen) atoms. The highest BCUT2D eigenvalue weighted by molar-refractivity contribution is 5.46. The first-order valence-corrected chi connectivity index (χ1v) is 6.03. The van der Waals surface area contributed by atoms with E-state index in [0.717, 1.165) is 18.2 Å². The molecule has 110 valence electrons. The molecule has 0 spiro atoms. The van der Waals surface area contributed by atoms with Crippen LogP contribution in [0.1, 0.15) is 11.1 Å². The van der Waals surface area contributed by atoms with E-state index in [-0.39, 0.29) is 12.1 Å². The van der Waals surface area contributed by atoms with Gasteiger partial charge in [0, 0.05) is 25.7 Å². The van der Waals surface area contributed by atoms with Crippen molar-refractivity contribution in [3.05, 3.63) is 39.4 Å². The van der Waals surface area contributed by atoms with Crippen molar-refractivity contribution in [2.24, 2.45) is 0 Å². The molecule has 1 fully saturated rings. The van der Waals surface area contributed by atoms with Crippen LogP contribution in [0.5, 0.6) is 0 Å². The molecule has 0 aliphatic carbocycles. The first-order valence-electron chi connectivity index (χ1n) is 6.03. The number of alkyl halides is 3. The maximum Gasteiger partial charge on any atom is 0.416 e. The molecule has 1 heterocycles. The Morgan fingerprint density at radius 1 is 1.30 bits per heavy atom. The van der Waals surface area contributed by atoms with E-state index in [9.17, 15) is 23.3 Å². The Labute approximate surface area is 113 Å². The molecule has 5 nitrogen and oxygen atoms in total. The van der Waals surface area contributed by atoms with Crippen LogP contribution in [-0.4, -0.2) is 36.1 Å². The molecule has 0 bridgehead atoms. The van der Waals surface area contributed by atoms with Gasteiger partial charge in [0.1, 0.15) is 0 Å². The lowest BCUT2D eigenvalue weighted by Crippen LogP contribution is -2.36. The fourth-order valence-corrected chi connectivity index (χ4v) is 2.16. The number of nitrogens with zero attached hydrogens (tertiary/aromatic N) is 2. The van der Waals surface area contributed by atoms with Gasteiger partial charge in [0.2, 0.25) is 0 Å². The molecular weight excluding hydrogens is 277 g/mol. The highest BCUT2D eigenvalue weighted by Gasteiger charge is 2.37. The predicted molar refractivity (Wildman–Crippen MR) is 64.2 cm³/mol. The Balaban J connectivity index is 2.38. The van der Waals surface area contributed by atoms with Gasteiger partial charge in [-0.05, 0) is 6.07 Å². The van der Waals surface area contributed by atoms with Gasteiger partial charge < -0.3 is 4.74 Å². The Bertz CT molecular complexity index is 499. The molecule has 0 atom stereocenters.